The molecule has 3 heterocycles. The smallest absolute Gasteiger partial charge is 0.417 e. The Morgan fingerprint density at radius 3 is 2.77 bits per heavy atom. The Balaban J connectivity index is 1.56. The Hall–Kier alpha value is -2.36. The Kier molecular flexibility index (Phi) is 4.43. The molecule has 2 aromatic heterocycles. The van der Waals surface area contributed by atoms with Gasteiger partial charge in [-0.05, 0) is 50.2 Å². The number of sulfonamides is 1. The van der Waals surface area contributed by atoms with Gasteiger partial charge in [-0.1, -0.05) is 0 Å². The van der Waals surface area contributed by atoms with Crippen molar-refractivity contribution < 1.29 is 17.3 Å². The molecule has 0 saturated carbocycles. The van der Waals surface area contributed by atoms with Crippen LogP contribution in [0.2, 0.25) is 0 Å². The first-order chi connectivity index (χ1) is 12.5. The topological polar surface area (TPSA) is 109 Å². The highest BCUT2D eigenvalue weighted by Crippen LogP contribution is 2.25. The molecule has 9 heteroatoms. The highest BCUT2D eigenvalue weighted by Gasteiger charge is 2.27. The van der Waals surface area contributed by atoms with Crippen LogP contribution >= 0.6 is 0 Å². The highest BCUT2D eigenvalue weighted by atomic mass is 32.2. The second-order valence-corrected chi connectivity index (χ2v) is 8.07. The Morgan fingerprint density at radius 1 is 1.23 bits per heavy atom. The number of aromatic nitrogens is 1. The number of nitrogens with zero attached hydrogens (tertiary/aromatic N) is 1. The molecular formula is C17H19N3O5S. The minimum absolute atomic E-state index is 0.0485. The summed E-state index contributed by atoms with van der Waals surface area (Å²) in [5, 5.41) is 0. The van der Waals surface area contributed by atoms with Crippen LogP contribution in [0.4, 0.5) is 0 Å². The zero-order valence-corrected chi connectivity index (χ0v) is 14.8. The van der Waals surface area contributed by atoms with Gasteiger partial charge in [0.15, 0.2) is 5.58 Å². The third kappa shape index (κ3) is 3.33. The van der Waals surface area contributed by atoms with Crippen molar-refractivity contribution >= 4 is 21.1 Å². The minimum Gasteiger partial charge on any atom is -0.468 e. The summed E-state index contributed by atoms with van der Waals surface area (Å²) in [6.45, 7) is 2.02. The molecule has 138 valence electrons. The van der Waals surface area contributed by atoms with Gasteiger partial charge in [0.05, 0.1) is 22.7 Å². The first kappa shape index (κ1) is 17.1. The van der Waals surface area contributed by atoms with Crippen LogP contribution in [0.3, 0.4) is 0 Å². The van der Waals surface area contributed by atoms with Crippen molar-refractivity contribution in [3.63, 3.8) is 0 Å². The average molecular weight is 377 g/mol. The second-order valence-electron chi connectivity index (χ2n) is 6.30. The van der Waals surface area contributed by atoms with Crippen LogP contribution in [0.5, 0.6) is 0 Å². The fraction of sp³-hybridized carbons (Fsp3) is 0.353. The van der Waals surface area contributed by atoms with Crippen molar-refractivity contribution in [1.82, 2.24) is 14.6 Å². The van der Waals surface area contributed by atoms with Gasteiger partial charge < -0.3 is 8.83 Å². The van der Waals surface area contributed by atoms with Crippen LogP contribution in [0.25, 0.3) is 11.1 Å². The third-order valence-corrected chi connectivity index (χ3v) is 6.04. The van der Waals surface area contributed by atoms with Gasteiger partial charge in [0.25, 0.3) is 0 Å². The van der Waals surface area contributed by atoms with E-state index in [2.05, 4.69) is 14.6 Å². The molecule has 0 amide bonds. The van der Waals surface area contributed by atoms with Gasteiger partial charge in [0, 0.05) is 12.6 Å². The molecule has 8 nitrogen and oxygen atoms in total. The molecule has 0 spiro atoms. The van der Waals surface area contributed by atoms with E-state index in [0.717, 1.165) is 31.7 Å². The van der Waals surface area contributed by atoms with Gasteiger partial charge in [-0.3, -0.25) is 9.88 Å². The van der Waals surface area contributed by atoms with Gasteiger partial charge in [0.1, 0.15) is 5.76 Å². The highest BCUT2D eigenvalue weighted by molar-refractivity contribution is 7.89. The van der Waals surface area contributed by atoms with Crippen LogP contribution in [0.15, 0.2) is 55.1 Å². The Labute approximate surface area is 149 Å². The lowest BCUT2D eigenvalue weighted by molar-refractivity contribution is 0.216. The lowest BCUT2D eigenvalue weighted by atomic mass is 10.2. The molecule has 1 aliphatic heterocycles. The van der Waals surface area contributed by atoms with E-state index in [1.54, 1.807) is 12.3 Å². The second kappa shape index (κ2) is 6.75. The van der Waals surface area contributed by atoms with Crippen LogP contribution in [0.1, 0.15) is 24.6 Å². The molecule has 1 fully saturated rings. The van der Waals surface area contributed by atoms with E-state index in [-0.39, 0.29) is 23.1 Å². The molecule has 3 aromatic rings. The largest absolute Gasteiger partial charge is 0.468 e. The number of oxazole rings is 1. The summed E-state index contributed by atoms with van der Waals surface area (Å²) in [4.78, 5) is 16.0. The quantitative estimate of drug-likeness (QED) is 0.678. The number of hydrogen-bond acceptors (Lipinski definition) is 6. The summed E-state index contributed by atoms with van der Waals surface area (Å²) < 4.78 is 38.5. The summed E-state index contributed by atoms with van der Waals surface area (Å²) in [7, 11) is -3.75. The number of fused-ring (bicyclic) bond motifs is 1. The third-order valence-electron chi connectivity index (χ3n) is 4.62. The molecule has 1 atom stereocenters. The van der Waals surface area contributed by atoms with Crippen LogP contribution < -0.4 is 10.5 Å². The molecule has 1 aliphatic rings. The molecule has 1 unspecified atom stereocenters. The summed E-state index contributed by atoms with van der Waals surface area (Å²) in [5.41, 5.74) is 0.666. The summed E-state index contributed by atoms with van der Waals surface area (Å²) in [6.07, 6.45) is 3.77. The standard InChI is InChI=1S/C17H19N3O5S/c21-17-19-13-6-5-12(10-16(13)25-17)26(22,23)18-11-14(15-4-3-9-24-15)20-7-1-2-8-20/h3-6,9-10,14,18H,1-2,7-8,11H2,(H,19,21). The molecular weight excluding hydrogens is 358 g/mol. The number of nitrogens with one attached hydrogen (secondary N) is 2. The molecule has 2 N–H and O–H groups in total. The van der Waals surface area contributed by atoms with Crippen molar-refractivity contribution in [2.24, 2.45) is 0 Å². The zero-order chi connectivity index (χ0) is 18.1. The number of furan rings is 1. The van der Waals surface area contributed by atoms with Crippen LogP contribution in [-0.2, 0) is 10.0 Å². The number of H-pyrrole nitrogens is 1. The molecule has 0 aliphatic carbocycles. The maximum Gasteiger partial charge on any atom is 0.417 e. The van der Waals surface area contributed by atoms with Gasteiger partial charge in [-0.2, -0.15) is 0 Å². The number of likely N-dealkylation sites (tertiary alicyclic amines) is 1. The first-order valence-electron chi connectivity index (χ1n) is 8.43. The van der Waals surface area contributed by atoms with Gasteiger partial charge >= 0.3 is 5.76 Å². The van der Waals surface area contributed by atoms with Gasteiger partial charge in [-0.15, -0.1) is 0 Å². The van der Waals surface area contributed by atoms with Crippen molar-refractivity contribution in [3.8, 4) is 0 Å². The summed E-state index contributed by atoms with van der Waals surface area (Å²) >= 11 is 0. The van der Waals surface area contributed by atoms with E-state index in [9.17, 15) is 13.2 Å². The van der Waals surface area contributed by atoms with E-state index < -0.39 is 15.8 Å². The number of rotatable bonds is 6. The first-order valence-corrected chi connectivity index (χ1v) is 9.91. The zero-order valence-electron chi connectivity index (χ0n) is 14.0. The average Bonchev–Trinajstić information content (AvgIpc) is 3.35. The van der Waals surface area contributed by atoms with Crippen molar-refractivity contribution in [3.05, 3.63) is 52.9 Å². The monoisotopic (exact) mass is 377 g/mol. The lowest BCUT2D eigenvalue weighted by Gasteiger charge is -2.25. The van der Waals surface area contributed by atoms with Crippen molar-refractivity contribution in [1.29, 1.82) is 0 Å². The van der Waals surface area contributed by atoms with Crippen molar-refractivity contribution in [2.75, 3.05) is 19.6 Å². The molecule has 0 bridgehead atoms. The molecule has 1 aromatic carbocycles. The maximum absolute atomic E-state index is 12.7. The molecule has 0 radical (unpaired) electrons. The fourth-order valence-electron chi connectivity index (χ4n) is 3.31. The van der Waals surface area contributed by atoms with E-state index in [1.165, 1.54) is 18.2 Å². The van der Waals surface area contributed by atoms with Crippen molar-refractivity contribution in [2.45, 2.75) is 23.8 Å². The Morgan fingerprint density at radius 2 is 2.04 bits per heavy atom. The summed E-state index contributed by atoms with van der Waals surface area (Å²) in [6, 6.07) is 7.80. The SMILES string of the molecule is O=c1[nH]c2ccc(S(=O)(=O)NCC(c3ccco3)N3CCCC3)cc2o1. The normalized spacial score (nSPS) is 17.1. The molecule has 26 heavy (non-hydrogen) atoms. The number of aromatic amines is 1. The predicted octanol–water partition coefficient (Wildman–Crippen LogP) is 1.83. The van der Waals surface area contributed by atoms with E-state index >= 15 is 0 Å². The maximum atomic E-state index is 12.7. The number of hydrogen-bond donors (Lipinski definition) is 2. The number of benzene rings is 1. The Bertz CT molecular complexity index is 1050. The van der Waals surface area contributed by atoms with E-state index in [1.807, 2.05) is 6.07 Å². The fourth-order valence-corrected chi connectivity index (χ4v) is 4.36. The molecule has 4 rings (SSSR count). The van der Waals surface area contributed by atoms with E-state index in [4.69, 9.17) is 8.83 Å². The molecule has 1 saturated heterocycles. The predicted molar refractivity (Wildman–Crippen MR) is 94.3 cm³/mol. The summed E-state index contributed by atoms with van der Waals surface area (Å²) in [5.74, 6) is 0.121. The van der Waals surface area contributed by atoms with E-state index in [0.29, 0.717) is 5.52 Å². The van der Waals surface area contributed by atoms with Crippen LogP contribution in [0, 0.1) is 0 Å². The van der Waals surface area contributed by atoms with Crippen LogP contribution in [-0.4, -0.2) is 37.9 Å². The van der Waals surface area contributed by atoms with Gasteiger partial charge in [-0.25, -0.2) is 17.9 Å². The van der Waals surface area contributed by atoms with Gasteiger partial charge in [0.2, 0.25) is 10.0 Å². The minimum atomic E-state index is -3.75. The lowest BCUT2D eigenvalue weighted by Crippen LogP contribution is -2.36.